The zero-order chi connectivity index (χ0) is 14.1. The summed E-state index contributed by atoms with van der Waals surface area (Å²) in [6.07, 6.45) is 6.20. The zero-order valence-electron chi connectivity index (χ0n) is 11.4. The Hall–Kier alpha value is -1.52. The molecule has 0 unspecified atom stereocenters. The molecule has 1 aromatic heterocycles. The number of rotatable bonds is 5. The van der Waals surface area contributed by atoms with Crippen LogP contribution in [0.4, 0.5) is 0 Å². The van der Waals surface area contributed by atoms with Crippen LogP contribution >= 0.6 is 11.6 Å². The van der Waals surface area contributed by atoms with E-state index in [9.17, 15) is 0 Å². The van der Waals surface area contributed by atoms with Gasteiger partial charge in [0.25, 0.3) is 0 Å². The molecule has 0 radical (unpaired) electrons. The fraction of sp³-hybridized carbons (Fsp3) is 0.400. The van der Waals surface area contributed by atoms with E-state index in [1.807, 2.05) is 37.6 Å². The highest BCUT2D eigenvalue weighted by Gasteiger charge is 2.25. The normalized spacial score (nSPS) is 16.1. The molecule has 1 saturated carbocycles. The van der Waals surface area contributed by atoms with Gasteiger partial charge in [-0.1, -0.05) is 11.6 Å². The Kier molecular flexibility index (Phi) is 3.68. The summed E-state index contributed by atoms with van der Waals surface area (Å²) < 4.78 is 8.11. The fourth-order valence-electron chi connectivity index (χ4n) is 2.28. The summed E-state index contributed by atoms with van der Waals surface area (Å²) in [5, 5.41) is 0.674. The number of hydrogen-bond acceptors (Lipinski definition) is 3. The molecule has 4 nitrogen and oxygen atoms in total. The minimum atomic E-state index is -0.114. The number of nitrogens with zero attached hydrogens (tertiary/aromatic N) is 2. The average molecular weight is 292 g/mol. The van der Waals surface area contributed by atoms with Gasteiger partial charge in [-0.3, -0.25) is 0 Å². The van der Waals surface area contributed by atoms with Crippen LogP contribution in [0.15, 0.2) is 30.7 Å². The Morgan fingerprint density at radius 2 is 2.30 bits per heavy atom. The largest absolute Gasteiger partial charge is 0.487 e. The molecule has 1 heterocycles. The van der Waals surface area contributed by atoms with Gasteiger partial charge in [0, 0.05) is 22.7 Å². The van der Waals surface area contributed by atoms with Gasteiger partial charge in [0.15, 0.2) is 0 Å². The first kappa shape index (κ1) is 13.5. The fourth-order valence-corrected chi connectivity index (χ4v) is 2.46. The van der Waals surface area contributed by atoms with Crippen molar-refractivity contribution in [3.05, 3.63) is 47.0 Å². The standard InChI is InChI=1S/C15H18ClN3O/c1-10(17)14-6-11(16)2-5-15(14)20-8-13-7-18-9-19(13)12-3-4-12/h2,5-7,9-10,12H,3-4,8,17H2,1H3/t10-/m0/s1. The van der Waals surface area contributed by atoms with E-state index >= 15 is 0 Å². The van der Waals surface area contributed by atoms with Crippen molar-refractivity contribution in [3.8, 4) is 5.75 Å². The Balaban J connectivity index is 1.76. The van der Waals surface area contributed by atoms with E-state index in [0.717, 1.165) is 17.0 Å². The molecule has 20 heavy (non-hydrogen) atoms. The minimum absolute atomic E-state index is 0.114. The topological polar surface area (TPSA) is 53.1 Å². The van der Waals surface area contributed by atoms with E-state index in [1.165, 1.54) is 12.8 Å². The van der Waals surface area contributed by atoms with Gasteiger partial charge in [0.2, 0.25) is 0 Å². The molecule has 0 amide bonds. The zero-order valence-corrected chi connectivity index (χ0v) is 12.2. The number of benzene rings is 1. The molecule has 0 aliphatic heterocycles. The second-order valence-electron chi connectivity index (χ2n) is 5.28. The molecule has 1 aromatic carbocycles. The maximum atomic E-state index is 6.01. The number of imidazole rings is 1. The number of hydrogen-bond donors (Lipinski definition) is 1. The summed E-state index contributed by atoms with van der Waals surface area (Å²) in [5.74, 6) is 0.785. The summed E-state index contributed by atoms with van der Waals surface area (Å²) in [7, 11) is 0. The van der Waals surface area contributed by atoms with Crippen LogP contribution in [-0.2, 0) is 6.61 Å². The van der Waals surface area contributed by atoms with E-state index in [4.69, 9.17) is 22.1 Å². The van der Waals surface area contributed by atoms with Gasteiger partial charge in [-0.15, -0.1) is 0 Å². The van der Waals surface area contributed by atoms with Crippen molar-refractivity contribution in [2.24, 2.45) is 5.73 Å². The maximum Gasteiger partial charge on any atom is 0.130 e. The summed E-state index contributed by atoms with van der Waals surface area (Å²) in [6, 6.07) is 6.05. The van der Waals surface area contributed by atoms with E-state index in [2.05, 4.69) is 9.55 Å². The smallest absolute Gasteiger partial charge is 0.130 e. The lowest BCUT2D eigenvalue weighted by molar-refractivity contribution is 0.290. The molecule has 2 N–H and O–H groups in total. The van der Waals surface area contributed by atoms with Crippen molar-refractivity contribution in [1.82, 2.24) is 9.55 Å². The molecule has 0 saturated heterocycles. The van der Waals surface area contributed by atoms with Gasteiger partial charge >= 0.3 is 0 Å². The first-order chi connectivity index (χ1) is 9.65. The molecule has 1 fully saturated rings. The van der Waals surface area contributed by atoms with Crippen LogP contribution in [0.5, 0.6) is 5.75 Å². The van der Waals surface area contributed by atoms with E-state index in [-0.39, 0.29) is 6.04 Å². The second kappa shape index (κ2) is 5.46. The Bertz CT molecular complexity index is 605. The monoisotopic (exact) mass is 291 g/mol. The first-order valence-corrected chi connectivity index (χ1v) is 7.21. The van der Waals surface area contributed by atoms with Crippen LogP contribution in [0, 0.1) is 0 Å². The van der Waals surface area contributed by atoms with Crippen LogP contribution in [0.3, 0.4) is 0 Å². The van der Waals surface area contributed by atoms with Crippen molar-refractivity contribution in [2.75, 3.05) is 0 Å². The Labute approximate surface area is 123 Å². The van der Waals surface area contributed by atoms with Crippen molar-refractivity contribution in [3.63, 3.8) is 0 Å². The van der Waals surface area contributed by atoms with Gasteiger partial charge in [0.05, 0.1) is 18.2 Å². The van der Waals surface area contributed by atoms with E-state index in [1.54, 1.807) is 0 Å². The molecule has 5 heteroatoms. The van der Waals surface area contributed by atoms with Gasteiger partial charge in [-0.25, -0.2) is 4.98 Å². The Morgan fingerprint density at radius 3 is 3.00 bits per heavy atom. The number of ether oxygens (including phenoxy) is 1. The van der Waals surface area contributed by atoms with Crippen LogP contribution in [0.1, 0.15) is 43.1 Å². The van der Waals surface area contributed by atoms with E-state index in [0.29, 0.717) is 17.7 Å². The van der Waals surface area contributed by atoms with Crippen LogP contribution in [0.25, 0.3) is 0 Å². The van der Waals surface area contributed by atoms with Crippen LogP contribution in [-0.4, -0.2) is 9.55 Å². The predicted octanol–water partition coefficient (Wildman–Crippen LogP) is 3.47. The van der Waals surface area contributed by atoms with Crippen LogP contribution < -0.4 is 10.5 Å². The van der Waals surface area contributed by atoms with Gasteiger partial charge in [0.1, 0.15) is 12.4 Å². The number of halogens is 1. The van der Waals surface area contributed by atoms with Crippen molar-refractivity contribution in [1.29, 1.82) is 0 Å². The highest BCUT2D eigenvalue weighted by atomic mass is 35.5. The molecule has 1 aliphatic rings. The lowest BCUT2D eigenvalue weighted by Gasteiger charge is -2.15. The van der Waals surface area contributed by atoms with Crippen molar-refractivity contribution >= 4 is 11.6 Å². The molecular weight excluding hydrogens is 274 g/mol. The molecule has 2 aromatic rings. The summed E-state index contributed by atoms with van der Waals surface area (Å²) in [5.41, 5.74) is 7.99. The predicted molar refractivity (Wildman–Crippen MR) is 78.9 cm³/mol. The first-order valence-electron chi connectivity index (χ1n) is 6.83. The summed E-state index contributed by atoms with van der Waals surface area (Å²) in [6.45, 7) is 2.42. The third-order valence-electron chi connectivity index (χ3n) is 3.52. The minimum Gasteiger partial charge on any atom is -0.487 e. The molecule has 1 aliphatic carbocycles. The lowest BCUT2D eigenvalue weighted by atomic mass is 10.1. The lowest BCUT2D eigenvalue weighted by Crippen LogP contribution is -2.09. The third-order valence-corrected chi connectivity index (χ3v) is 3.76. The third kappa shape index (κ3) is 2.81. The van der Waals surface area contributed by atoms with E-state index < -0.39 is 0 Å². The van der Waals surface area contributed by atoms with Crippen LogP contribution in [0.2, 0.25) is 5.02 Å². The van der Waals surface area contributed by atoms with Gasteiger partial charge in [-0.2, -0.15) is 0 Å². The quantitative estimate of drug-likeness (QED) is 0.918. The number of nitrogens with two attached hydrogens (primary N) is 1. The van der Waals surface area contributed by atoms with Gasteiger partial charge in [-0.05, 0) is 38.0 Å². The maximum absolute atomic E-state index is 6.01. The highest BCUT2D eigenvalue weighted by Crippen LogP contribution is 2.36. The molecule has 3 rings (SSSR count). The average Bonchev–Trinajstić information content (AvgIpc) is 3.16. The Morgan fingerprint density at radius 1 is 1.50 bits per heavy atom. The second-order valence-corrected chi connectivity index (χ2v) is 5.72. The van der Waals surface area contributed by atoms with Crippen molar-refractivity contribution in [2.45, 2.75) is 38.5 Å². The van der Waals surface area contributed by atoms with Crippen molar-refractivity contribution < 1.29 is 4.74 Å². The summed E-state index contributed by atoms with van der Waals surface area (Å²) in [4.78, 5) is 4.20. The van der Waals surface area contributed by atoms with Gasteiger partial charge < -0.3 is 15.0 Å². The SMILES string of the molecule is C[C@H](N)c1cc(Cl)ccc1OCc1cncn1C1CC1. The molecule has 0 spiro atoms. The molecule has 1 atom stereocenters. The molecule has 106 valence electrons. The molecular formula is C15H18ClN3O. The molecule has 0 bridgehead atoms. The highest BCUT2D eigenvalue weighted by molar-refractivity contribution is 6.30. The summed E-state index contributed by atoms with van der Waals surface area (Å²) >= 11 is 6.01. The number of aromatic nitrogens is 2.